The number of carbonyl (C=O) groups excluding carboxylic acids is 1. The summed E-state index contributed by atoms with van der Waals surface area (Å²) >= 11 is 0. The lowest BCUT2D eigenvalue weighted by molar-refractivity contribution is -0.148. The molecular formula is C22H25N3O2. The zero-order chi connectivity index (χ0) is 19.2. The third-order valence-electron chi connectivity index (χ3n) is 4.50. The van der Waals surface area contributed by atoms with Crippen LogP contribution in [0.2, 0.25) is 0 Å². The van der Waals surface area contributed by atoms with E-state index in [-0.39, 0.29) is 12.1 Å². The molecule has 0 fully saturated rings. The number of esters is 1. The monoisotopic (exact) mass is 363 g/mol. The minimum atomic E-state index is -0.297. The van der Waals surface area contributed by atoms with Crippen LogP contribution >= 0.6 is 0 Å². The first-order chi connectivity index (χ1) is 13.0. The molecule has 1 unspecified atom stereocenters. The van der Waals surface area contributed by atoms with Gasteiger partial charge in [-0.05, 0) is 48.7 Å². The molecule has 0 bridgehead atoms. The van der Waals surface area contributed by atoms with Crippen molar-refractivity contribution in [3.63, 3.8) is 0 Å². The first-order valence-corrected chi connectivity index (χ1v) is 9.07. The van der Waals surface area contributed by atoms with Crippen LogP contribution in [-0.4, -0.2) is 29.6 Å². The minimum absolute atomic E-state index is 0.189. The number of aryl methyl sites for hydroxylation is 1. The van der Waals surface area contributed by atoms with Crippen molar-refractivity contribution >= 4 is 11.7 Å². The van der Waals surface area contributed by atoms with Gasteiger partial charge in [0.15, 0.2) is 0 Å². The van der Waals surface area contributed by atoms with E-state index in [0.717, 1.165) is 22.5 Å². The molecule has 140 valence electrons. The highest BCUT2D eigenvalue weighted by atomic mass is 16.5. The largest absolute Gasteiger partial charge is 0.458 e. The van der Waals surface area contributed by atoms with Gasteiger partial charge in [-0.25, -0.2) is 4.98 Å². The van der Waals surface area contributed by atoms with E-state index in [2.05, 4.69) is 22.0 Å². The first-order valence-electron chi connectivity index (χ1n) is 9.07. The Balaban J connectivity index is 1.58. The average molecular weight is 363 g/mol. The molecule has 0 aliphatic carbocycles. The van der Waals surface area contributed by atoms with Gasteiger partial charge in [0.1, 0.15) is 6.10 Å². The molecule has 0 aliphatic rings. The number of ether oxygens (including phenoxy) is 1. The molecule has 1 aromatic heterocycles. The number of imidazole rings is 1. The van der Waals surface area contributed by atoms with E-state index in [1.807, 2.05) is 68.2 Å². The molecule has 0 spiro atoms. The van der Waals surface area contributed by atoms with Gasteiger partial charge in [0, 0.05) is 44.3 Å². The number of aromatic nitrogens is 2. The Morgan fingerprint density at radius 3 is 2.74 bits per heavy atom. The van der Waals surface area contributed by atoms with E-state index in [1.54, 1.807) is 12.5 Å². The molecule has 2 aromatic carbocycles. The second kappa shape index (κ2) is 8.54. The molecular weight excluding hydrogens is 338 g/mol. The molecule has 1 atom stereocenters. The summed E-state index contributed by atoms with van der Waals surface area (Å²) < 4.78 is 7.56. The average Bonchev–Trinajstić information content (AvgIpc) is 3.21. The summed E-state index contributed by atoms with van der Waals surface area (Å²) in [7, 11) is 4.01. The van der Waals surface area contributed by atoms with Crippen LogP contribution in [0.5, 0.6) is 0 Å². The highest BCUT2D eigenvalue weighted by Crippen LogP contribution is 2.21. The molecule has 0 N–H and O–H groups in total. The normalized spacial score (nSPS) is 11.8. The maximum absolute atomic E-state index is 12.3. The van der Waals surface area contributed by atoms with Crippen LogP contribution in [-0.2, 0) is 16.0 Å². The number of hydrogen-bond acceptors (Lipinski definition) is 4. The molecule has 0 saturated carbocycles. The van der Waals surface area contributed by atoms with Gasteiger partial charge in [0.05, 0.1) is 6.33 Å². The Hall–Kier alpha value is -3.08. The lowest BCUT2D eigenvalue weighted by Gasteiger charge is -2.16. The summed E-state index contributed by atoms with van der Waals surface area (Å²) in [6.45, 7) is 1.90. The topological polar surface area (TPSA) is 47.4 Å². The maximum atomic E-state index is 12.3. The molecule has 0 aliphatic heterocycles. The molecule has 0 saturated heterocycles. The third-order valence-corrected chi connectivity index (χ3v) is 4.50. The summed E-state index contributed by atoms with van der Waals surface area (Å²) in [5, 5.41) is 0. The summed E-state index contributed by atoms with van der Waals surface area (Å²) in [6.07, 6.45) is 6.11. The van der Waals surface area contributed by atoms with E-state index >= 15 is 0 Å². The van der Waals surface area contributed by atoms with E-state index in [9.17, 15) is 4.79 Å². The van der Waals surface area contributed by atoms with Crippen molar-refractivity contribution in [2.24, 2.45) is 0 Å². The van der Waals surface area contributed by atoms with Crippen molar-refractivity contribution in [2.75, 3.05) is 19.0 Å². The Morgan fingerprint density at radius 1 is 1.19 bits per heavy atom. The van der Waals surface area contributed by atoms with Crippen molar-refractivity contribution in [3.8, 4) is 5.69 Å². The number of anilines is 1. The lowest BCUT2D eigenvalue weighted by Crippen LogP contribution is -2.11. The lowest BCUT2D eigenvalue weighted by atomic mass is 10.1. The van der Waals surface area contributed by atoms with Crippen LogP contribution in [0.25, 0.3) is 5.69 Å². The number of rotatable bonds is 7. The molecule has 3 rings (SSSR count). The number of hydrogen-bond donors (Lipinski definition) is 0. The smallest absolute Gasteiger partial charge is 0.306 e. The number of carbonyl (C=O) groups is 1. The van der Waals surface area contributed by atoms with Crippen LogP contribution in [0.3, 0.4) is 0 Å². The van der Waals surface area contributed by atoms with Gasteiger partial charge in [0.25, 0.3) is 0 Å². The van der Waals surface area contributed by atoms with Crippen LogP contribution < -0.4 is 4.90 Å². The standard InChI is InChI=1S/C22H25N3O2/c1-17(19-7-5-9-21(15-19)25-13-12-23-16-25)27-22(26)11-10-18-6-4-8-20(14-18)24(2)3/h4-9,12-17H,10-11H2,1-3H3. The van der Waals surface area contributed by atoms with Crippen LogP contribution in [0.15, 0.2) is 67.3 Å². The summed E-state index contributed by atoms with van der Waals surface area (Å²) in [5.74, 6) is -0.189. The Labute approximate surface area is 160 Å². The van der Waals surface area contributed by atoms with Crippen molar-refractivity contribution in [2.45, 2.75) is 25.9 Å². The predicted octanol–water partition coefficient (Wildman–Crippen LogP) is 4.18. The van der Waals surface area contributed by atoms with Gasteiger partial charge in [0.2, 0.25) is 0 Å². The minimum Gasteiger partial charge on any atom is -0.458 e. The van der Waals surface area contributed by atoms with Gasteiger partial charge in [-0.15, -0.1) is 0 Å². The van der Waals surface area contributed by atoms with E-state index in [0.29, 0.717) is 12.8 Å². The van der Waals surface area contributed by atoms with Crippen molar-refractivity contribution < 1.29 is 9.53 Å². The highest BCUT2D eigenvalue weighted by Gasteiger charge is 2.13. The fraction of sp³-hybridized carbons (Fsp3) is 0.273. The molecule has 0 amide bonds. The SMILES string of the molecule is CC(OC(=O)CCc1cccc(N(C)C)c1)c1cccc(-n2ccnc2)c1. The maximum Gasteiger partial charge on any atom is 0.306 e. The molecule has 3 aromatic rings. The van der Waals surface area contributed by atoms with Gasteiger partial charge < -0.3 is 14.2 Å². The first kappa shape index (κ1) is 18.7. The number of benzene rings is 2. The predicted molar refractivity (Wildman–Crippen MR) is 107 cm³/mol. The molecule has 5 nitrogen and oxygen atoms in total. The van der Waals surface area contributed by atoms with Gasteiger partial charge in [-0.3, -0.25) is 4.79 Å². The van der Waals surface area contributed by atoms with Crippen molar-refractivity contribution in [3.05, 3.63) is 78.4 Å². The Kier molecular flexibility index (Phi) is 5.91. The number of nitrogens with zero attached hydrogens (tertiary/aromatic N) is 3. The van der Waals surface area contributed by atoms with Gasteiger partial charge in [-0.1, -0.05) is 24.3 Å². The fourth-order valence-electron chi connectivity index (χ4n) is 2.91. The van der Waals surface area contributed by atoms with Gasteiger partial charge in [-0.2, -0.15) is 0 Å². The highest BCUT2D eigenvalue weighted by molar-refractivity contribution is 5.70. The zero-order valence-electron chi connectivity index (χ0n) is 16.0. The third kappa shape index (κ3) is 4.97. The second-order valence-electron chi connectivity index (χ2n) is 6.76. The summed E-state index contributed by atoms with van der Waals surface area (Å²) in [5.41, 5.74) is 4.22. The van der Waals surface area contributed by atoms with Crippen LogP contribution in [0.4, 0.5) is 5.69 Å². The van der Waals surface area contributed by atoms with Crippen molar-refractivity contribution in [1.29, 1.82) is 0 Å². The molecule has 0 radical (unpaired) electrons. The molecule has 1 heterocycles. The summed E-state index contributed by atoms with van der Waals surface area (Å²) in [4.78, 5) is 18.4. The molecule has 27 heavy (non-hydrogen) atoms. The van der Waals surface area contributed by atoms with E-state index in [1.165, 1.54) is 0 Å². The Morgan fingerprint density at radius 2 is 2.00 bits per heavy atom. The van der Waals surface area contributed by atoms with Crippen LogP contribution in [0, 0.1) is 0 Å². The second-order valence-corrected chi connectivity index (χ2v) is 6.76. The van der Waals surface area contributed by atoms with Crippen LogP contribution in [0.1, 0.15) is 30.6 Å². The van der Waals surface area contributed by atoms with Crippen molar-refractivity contribution in [1.82, 2.24) is 9.55 Å². The zero-order valence-corrected chi connectivity index (χ0v) is 16.0. The fourth-order valence-corrected chi connectivity index (χ4v) is 2.91. The van der Waals surface area contributed by atoms with E-state index in [4.69, 9.17) is 4.74 Å². The van der Waals surface area contributed by atoms with E-state index < -0.39 is 0 Å². The Bertz CT molecular complexity index is 888. The quantitative estimate of drug-likeness (QED) is 0.591. The summed E-state index contributed by atoms with van der Waals surface area (Å²) in [6, 6.07) is 16.2. The molecule has 5 heteroatoms. The van der Waals surface area contributed by atoms with Gasteiger partial charge >= 0.3 is 5.97 Å².